The van der Waals surface area contributed by atoms with Gasteiger partial charge in [-0.1, -0.05) is 34.1 Å². The van der Waals surface area contributed by atoms with Crippen LogP contribution in [-0.2, 0) is 0 Å². The summed E-state index contributed by atoms with van der Waals surface area (Å²) in [4.78, 5) is 1.32. The van der Waals surface area contributed by atoms with Crippen LogP contribution in [0.4, 0.5) is 5.69 Å². The van der Waals surface area contributed by atoms with Crippen LogP contribution in [0.2, 0.25) is 0 Å². The number of halogens is 1. The molecule has 0 bridgehead atoms. The number of thioether (sulfide) groups is 1. The lowest BCUT2D eigenvalue weighted by molar-refractivity contribution is 1.22. The molecule has 0 heterocycles. The molecule has 2 aromatic carbocycles. The van der Waals surface area contributed by atoms with Crippen LogP contribution >= 0.6 is 27.7 Å². The second-order valence-electron chi connectivity index (χ2n) is 4.11. The Morgan fingerprint density at radius 1 is 1.11 bits per heavy atom. The lowest BCUT2D eigenvalue weighted by Crippen LogP contribution is -2.04. The van der Waals surface area contributed by atoms with Crippen LogP contribution in [0.3, 0.4) is 0 Å². The van der Waals surface area contributed by atoms with Crippen molar-refractivity contribution in [2.45, 2.75) is 11.8 Å². The zero-order valence-corrected chi connectivity index (χ0v) is 12.7. The minimum absolute atomic E-state index is 0.968. The van der Waals surface area contributed by atoms with Gasteiger partial charge in [-0.05, 0) is 42.8 Å². The summed E-state index contributed by atoms with van der Waals surface area (Å²) < 4.78 is 1.13. The Labute approximate surface area is 121 Å². The summed E-state index contributed by atoms with van der Waals surface area (Å²) in [6, 6.07) is 16.9. The Morgan fingerprint density at radius 3 is 2.61 bits per heavy atom. The summed E-state index contributed by atoms with van der Waals surface area (Å²) >= 11 is 5.39. The van der Waals surface area contributed by atoms with E-state index < -0.39 is 0 Å². The maximum absolute atomic E-state index is 3.51. The van der Waals surface area contributed by atoms with Gasteiger partial charge >= 0.3 is 0 Å². The van der Waals surface area contributed by atoms with Crippen molar-refractivity contribution in [2.75, 3.05) is 17.6 Å². The first-order valence-corrected chi connectivity index (χ1v) is 7.71. The van der Waals surface area contributed by atoms with Gasteiger partial charge in [-0.2, -0.15) is 0 Å². The Hall–Kier alpha value is -0.930. The smallest absolute Gasteiger partial charge is 0.0354 e. The molecule has 94 valence electrons. The van der Waals surface area contributed by atoms with Crippen molar-refractivity contribution in [3.05, 3.63) is 58.6 Å². The molecule has 0 aromatic heterocycles. The molecule has 0 aliphatic rings. The number of hydrogen-bond donors (Lipinski definition) is 1. The molecule has 1 nitrogen and oxygen atoms in total. The molecule has 0 aliphatic heterocycles. The number of hydrogen-bond acceptors (Lipinski definition) is 2. The average Bonchev–Trinajstić information content (AvgIpc) is 2.35. The highest BCUT2D eigenvalue weighted by molar-refractivity contribution is 9.10. The van der Waals surface area contributed by atoms with Gasteiger partial charge in [0.05, 0.1) is 0 Å². The molecule has 1 N–H and O–H groups in total. The third-order valence-corrected chi connectivity index (χ3v) is 3.96. The van der Waals surface area contributed by atoms with Crippen molar-refractivity contribution in [2.24, 2.45) is 0 Å². The van der Waals surface area contributed by atoms with E-state index in [1.807, 2.05) is 17.8 Å². The van der Waals surface area contributed by atoms with Crippen LogP contribution in [0.15, 0.2) is 57.9 Å². The monoisotopic (exact) mass is 321 g/mol. The third-order valence-electron chi connectivity index (χ3n) is 2.49. The molecule has 0 atom stereocenters. The number of benzene rings is 2. The van der Waals surface area contributed by atoms with E-state index in [-0.39, 0.29) is 0 Å². The molecule has 0 amide bonds. The van der Waals surface area contributed by atoms with Gasteiger partial charge in [0.15, 0.2) is 0 Å². The van der Waals surface area contributed by atoms with Gasteiger partial charge in [-0.15, -0.1) is 11.8 Å². The summed E-state index contributed by atoms with van der Waals surface area (Å²) in [5.41, 5.74) is 2.44. The molecule has 0 spiro atoms. The standard InChI is InChI=1S/C15H16BrNS/c1-12-9-13(16)11-14(10-12)17-7-8-18-15-5-3-2-4-6-15/h2-6,9-11,17H,7-8H2,1H3. The maximum atomic E-state index is 3.51. The molecule has 0 unspecified atom stereocenters. The fraction of sp³-hybridized carbons (Fsp3) is 0.200. The SMILES string of the molecule is Cc1cc(Br)cc(NCCSc2ccccc2)c1. The first-order chi connectivity index (χ1) is 8.74. The van der Waals surface area contributed by atoms with Gasteiger partial charge in [-0.25, -0.2) is 0 Å². The summed E-state index contributed by atoms with van der Waals surface area (Å²) in [5, 5.41) is 3.45. The summed E-state index contributed by atoms with van der Waals surface area (Å²) in [5.74, 6) is 1.07. The van der Waals surface area contributed by atoms with Crippen LogP contribution in [0.25, 0.3) is 0 Å². The first-order valence-electron chi connectivity index (χ1n) is 5.93. The number of rotatable bonds is 5. The highest BCUT2D eigenvalue weighted by atomic mass is 79.9. The number of nitrogens with one attached hydrogen (secondary N) is 1. The Balaban J connectivity index is 1.78. The molecule has 0 fully saturated rings. The van der Waals surface area contributed by atoms with E-state index in [4.69, 9.17) is 0 Å². The normalized spacial score (nSPS) is 10.3. The van der Waals surface area contributed by atoms with Gasteiger partial charge in [0.2, 0.25) is 0 Å². The molecule has 2 aromatic rings. The topological polar surface area (TPSA) is 12.0 Å². The Morgan fingerprint density at radius 2 is 1.89 bits per heavy atom. The second kappa shape index (κ2) is 6.86. The molecule has 0 aliphatic carbocycles. The van der Waals surface area contributed by atoms with Crippen molar-refractivity contribution in [1.29, 1.82) is 0 Å². The van der Waals surface area contributed by atoms with Gasteiger partial charge in [-0.3, -0.25) is 0 Å². The van der Waals surface area contributed by atoms with Gasteiger partial charge in [0.25, 0.3) is 0 Å². The Bertz CT molecular complexity index is 479. The van der Waals surface area contributed by atoms with E-state index in [9.17, 15) is 0 Å². The Kier molecular flexibility index (Phi) is 5.14. The molecular weight excluding hydrogens is 306 g/mol. The van der Waals surface area contributed by atoms with E-state index >= 15 is 0 Å². The van der Waals surface area contributed by atoms with E-state index in [2.05, 4.69) is 70.6 Å². The largest absolute Gasteiger partial charge is 0.384 e. The zero-order valence-electron chi connectivity index (χ0n) is 10.3. The summed E-state index contributed by atoms with van der Waals surface area (Å²) in [6.07, 6.45) is 0. The highest BCUT2D eigenvalue weighted by Crippen LogP contribution is 2.20. The van der Waals surface area contributed by atoms with E-state index in [0.29, 0.717) is 0 Å². The third kappa shape index (κ3) is 4.39. The molecular formula is C15H16BrNS. The van der Waals surface area contributed by atoms with Crippen LogP contribution in [-0.4, -0.2) is 12.3 Å². The minimum Gasteiger partial charge on any atom is -0.384 e. The summed E-state index contributed by atoms with van der Waals surface area (Å²) in [6.45, 7) is 3.07. The fourth-order valence-corrected chi connectivity index (χ4v) is 3.12. The van der Waals surface area contributed by atoms with Crippen molar-refractivity contribution in [3.63, 3.8) is 0 Å². The zero-order chi connectivity index (χ0) is 12.8. The maximum Gasteiger partial charge on any atom is 0.0354 e. The summed E-state index contributed by atoms with van der Waals surface area (Å²) in [7, 11) is 0. The van der Waals surface area contributed by atoms with Crippen LogP contribution < -0.4 is 5.32 Å². The van der Waals surface area contributed by atoms with E-state index in [1.165, 1.54) is 16.1 Å². The van der Waals surface area contributed by atoms with E-state index in [1.54, 1.807) is 0 Å². The lowest BCUT2D eigenvalue weighted by atomic mass is 10.2. The highest BCUT2D eigenvalue weighted by Gasteiger charge is 1.97. The van der Waals surface area contributed by atoms with Gasteiger partial charge in [0.1, 0.15) is 0 Å². The van der Waals surface area contributed by atoms with Gasteiger partial charge < -0.3 is 5.32 Å². The average molecular weight is 322 g/mol. The van der Waals surface area contributed by atoms with Crippen molar-refractivity contribution in [1.82, 2.24) is 0 Å². The molecule has 2 rings (SSSR count). The predicted octanol–water partition coefficient (Wildman–Crippen LogP) is 4.96. The molecule has 18 heavy (non-hydrogen) atoms. The quantitative estimate of drug-likeness (QED) is 0.617. The first kappa shape index (κ1) is 13.5. The second-order valence-corrected chi connectivity index (χ2v) is 6.19. The van der Waals surface area contributed by atoms with Crippen molar-refractivity contribution >= 4 is 33.4 Å². The van der Waals surface area contributed by atoms with Crippen molar-refractivity contribution in [3.8, 4) is 0 Å². The van der Waals surface area contributed by atoms with E-state index in [0.717, 1.165) is 16.8 Å². The minimum atomic E-state index is 0.968. The molecule has 0 radical (unpaired) electrons. The molecule has 0 saturated heterocycles. The lowest BCUT2D eigenvalue weighted by Gasteiger charge is -2.08. The predicted molar refractivity (Wildman–Crippen MR) is 84.5 cm³/mol. The fourth-order valence-electron chi connectivity index (χ4n) is 1.72. The van der Waals surface area contributed by atoms with Gasteiger partial charge in [0, 0.05) is 27.4 Å². The number of aryl methyl sites for hydroxylation is 1. The van der Waals surface area contributed by atoms with Crippen LogP contribution in [0, 0.1) is 6.92 Å². The van der Waals surface area contributed by atoms with Crippen molar-refractivity contribution < 1.29 is 0 Å². The molecule has 3 heteroatoms. The van der Waals surface area contributed by atoms with Crippen LogP contribution in [0.1, 0.15) is 5.56 Å². The number of anilines is 1. The molecule has 0 saturated carbocycles. The van der Waals surface area contributed by atoms with Crippen LogP contribution in [0.5, 0.6) is 0 Å².